The fraction of sp³-hybridized carbons (Fsp3) is 0.125. The molecule has 0 aromatic heterocycles. The van der Waals surface area contributed by atoms with Crippen LogP contribution in [0.1, 0.15) is 44.5 Å². The minimum Gasteiger partial charge on any atom is -0.0617 e. The van der Waals surface area contributed by atoms with Gasteiger partial charge in [0.05, 0.1) is 0 Å². The van der Waals surface area contributed by atoms with Gasteiger partial charge in [-0.2, -0.15) is 0 Å². The second kappa shape index (κ2) is 11.5. The molecule has 0 aliphatic heterocycles. The van der Waals surface area contributed by atoms with Crippen molar-refractivity contribution in [2.75, 3.05) is 0 Å². The SMILES string of the molecule is Cc1ccc(/C=C/c2ccc(C)cc2)cc1.Cc1ccc(C#Cc2ccc(C)cc2)cc1. The highest BCUT2D eigenvalue weighted by Gasteiger charge is 1.89. The van der Waals surface area contributed by atoms with Crippen molar-refractivity contribution in [1.82, 2.24) is 0 Å². The van der Waals surface area contributed by atoms with E-state index in [1.165, 1.54) is 33.4 Å². The van der Waals surface area contributed by atoms with E-state index in [4.69, 9.17) is 0 Å². The summed E-state index contributed by atoms with van der Waals surface area (Å²) in [5, 5.41) is 0. The summed E-state index contributed by atoms with van der Waals surface area (Å²) < 4.78 is 0. The van der Waals surface area contributed by atoms with E-state index in [9.17, 15) is 0 Å². The summed E-state index contributed by atoms with van der Waals surface area (Å²) in [4.78, 5) is 0. The van der Waals surface area contributed by atoms with E-state index in [-0.39, 0.29) is 0 Å². The van der Waals surface area contributed by atoms with Gasteiger partial charge in [-0.1, -0.05) is 119 Å². The first-order valence-electron chi connectivity index (χ1n) is 10.9. The molecule has 0 nitrogen and oxygen atoms in total. The maximum absolute atomic E-state index is 3.16. The zero-order valence-corrected chi connectivity index (χ0v) is 19.4. The van der Waals surface area contributed by atoms with Gasteiger partial charge in [-0.3, -0.25) is 0 Å². The highest BCUT2D eigenvalue weighted by atomic mass is 13.9. The Morgan fingerprint density at radius 2 is 0.625 bits per heavy atom. The van der Waals surface area contributed by atoms with Gasteiger partial charge in [0.15, 0.2) is 0 Å². The maximum atomic E-state index is 3.16. The third kappa shape index (κ3) is 7.78. The fourth-order valence-electron chi connectivity index (χ4n) is 2.97. The van der Waals surface area contributed by atoms with Crippen LogP contribution in [0.5, 0.6) is 0 Å². The summed E-state index contributed by atoms with van der Waals surface area (Å²) in [7, 11) is 0. The molecule has 0 N–H and O–H groups in total. The molecule has 0 saturated carbocycles. The Hall–Kier alpha value is -3.82. The van der Waals surface area contributed by atoms with Gasteiger partial charge in [0, 0.05) is 11.1 Å². The third-order valence-electron chi connectivity index (χ3n) is 5.08. The molecule has 158 valence electrons. The largest absolute Gasteiger partial charge is 0.0617 e. The van der Waals surface area contributed by atoms with Crippen molar-refractivity contribution >= 4 is 12.2 Å². The van der Waals surface area contributed by atoms with Crippen molar-refractivity contribution in [2.45, 2.75) is 27.7 Å². The van der Waals surface area contributed by atoms with Crippen molar-refractivity contribution in [2.24, 2.45) is 0 Å². The standard InChI is InChI=1S/C16H16.C16H14/c2*1-13-3-7-15(8-4-13)11-12-16-9-5-14(2)6-10-16/h3-12H,1-2H3;3-10H,1-2H3/b12-11+;. The highest BCUT2D eigenvalue weighted by molar-refractivity contribution is 5.69. The van der Waals surface area contributed by atoms with Crippen LogP contribution in [-0.2, 0) is 0 Å². The summed E-state index contributed by atoms with van der Waals surface area (Å²) >= 11 is 0. The zero-order valence-electron chi connectivity index (χ0n) is 19.4. The van der Waals surface area contributed by atoms with E-state index in [2.05, 4.69) is 149 Å². The van der Waals surface area contributed by atoms with E-state index in [0.717, 1.165) is 11.1 Å². The lowest BCUT2D eigenvalue weighted by Gasteiger charge is -1.96. The maximum Gasteiger partial charge on any atom is 0.0249 e. The number of rotatable bonds is 2. The van der Waals surface area contributed by atoms with Gasteiger partial charge in [-0.25, -0.2) is 0 Å². The molecule has 0 unspecified atom stereocenters. The third-order valence-corrected chi connectivity index (χ3v) is 5.08. The van der Waals surface area contributed by atoms with Crippen molar-refractivity contribution in [1.29, 1.82) is 0 Å². The quantitative estimate of drug-likeness (QED) is 0.229. The molecule has 4 rings (SSSR count). The molecule has 0 aliphatic rings. The first-order chi connectivity index (χ1) is 15.5. The normalized spacial score (nSPS) is 10.1. The zero-order chi connectivity index (χ0) is 22.8. The van der Waals surface area contributed by atoms with E-state index in [1.807, 2.05) is 0 Å². The van der Waals surface area contributed by atoms with Crippen molar-refractivity contribution in [3.63, 3.8) is 0 Å². The molecule has 0 aliphatic carbocycles. The van der Waals surface area contributed by atoms with Gasteiger partial charge in [-0.15, -0.1) is 0 Å². The van der Waals surface area contributed by atoms with Gasteiger partial charge in [-0.05, 0) is 63.1 Å². The van der Waals surface area contributed by atoms with Gasteiger partial charge >= 0.3 is 0 Å². The first-order valence-corrected chi connectivity index (χ1v) is 10.9. The molecule has 0 spiro atoms. The Morgan fingerprint density at radius 1 is 0.375 bits per heavy atom. The molecule has 0 heterocycles. The highest BCUT2D eigenvalue weighted by Crippen LogP contribution is 2.10. The molecule has 4 aromatic carbocycles. The van der Waals surface area contributed by atoms with Crippen LogP contribution in [-0.4, -0.2) is 0 Å². The predicted octanol–water partition coefficient (Wildman–Crippen LogP) is 8.18. The molecular formula is C32H30. The van der Waals surface area contributed by atoms with Crippen LogP contribution in [0.2, 0.25) is 0 Å². The molecule has 4 aromatic rings. The average molecular weight is 415 g/mol. The van der Waals surface area contributed by atoms with Crippen LogP contribution in [0.3, 0.4) is 0 Å². The first kappa shape index (κ1) is 22.9. The summed E-state index contributed by atoms with van der Waals surface area (Å²) in [6.07, 6.45) is 4.29. The van der Waals surface area contributed by atoms with Gasteiger partial charge in [0.25, 0.3) is 0 Å². The van der Waals surface area contributed by atoms with E-state index >= 15 is 0 Å². The Balaban J connectivity index is 0.000000181. The molecular weight excluding hydrogens is 384 g/mol. The van der Waals surface area contributed by atoms with Crippen LogP contribution in [0.4, 0.5) is 0 Å². The Kier molecular flexibility index (Phi) is 8.24. The summed E-state index contributed by atoms with van der Waals surface area (Å²) in [5.74, 6) is 6.32. The van der Waals surface area contributed by atoms with Crippen LogP contribution < -0.4 is 0 Å². The Bertz CT molecular complexity index is 1100. The fourth-order valence-corrected chi connectivity index (χ4v) is 2.97. The molecule has 0 amide bonds. The minimum atomic E-state index is 1.06. The van der Waals surface area contributed by atoms with E-state index in [0.29, 0.717) is 0 Å². The number of benzene rings is 4. The lowest BCUT2D eigenvalue weighted by atomic mass is 10.1. The van der Waals surface area contributed by atoms with Crippen molar-refractivity contribution < 1.29 is 0 Å². The van der Waals surface area contributed by atoms with Gasteiger partial charge < -0.3 is 0 Å². The second-order valence-corrected chi connectivity index (χ2v) is 8.14. The molecule has 0 radical (unpaired) electrons. The predicted molar refractivity (Wildman–Crippen MR) is 140 cm³/mol. The van der Waals surface area contributed by atoms with Crippen LogP contribution >= 0.6 is 0 Å². The Labute approximate surface area is 193 Å². The monoisotopic (exact) mass is 414 g/mol. The van der Waals surface area contributed by atoms with Gasteiger partial charge in [0.1, 0.15) is 0 Å². The van der Waals surface area contributed by atoms with Crippen LogP contribution in [0.15, 0.2) is 97.1 Å². The van der Waals surface area contributed by atoms with Crippen LogP contribution in [0, 0.1) is 39.5 Å². The molecule has 0 atom stereocenters. The smallest absolute Gasteiger partial charge is 0.0249 e. The molecule has 32 heavy (non-hydrogen) atoms. The van der Waals surface area contributed by atoms with E-state index < -0.39 is 0 Å². The Morgan fingerprint density at radius 3 is 0.906 bits per heavy atom. The lowest BCUT2D eigenvalue weighted by molar-refractivity contribution is 1.45. The molecule has 0 heteroatoms. The summed E-state index contributed by atoms with van der Waals surface area (Å²) in [6.45, 7) is 8.37. The summed E-state index contributed by atoms with van der Waals surface area (Å²) in [5.41, 5.74) is 9.73. The second-order valence-electron chi connectivity index (χ2n) is 8.14. The van der Waals surface area contributed by atoms with E-state index in [1.54, 1.807) is 0 Å². The molecule has 0 saturated heterocycles. The van der Waals surface area contributed by atoms with Crippen LogP contribution in [0.25, 0.3) is 12.2 Å². The van der Waals surface area contributed by atoms with Crippen molar-refractivity contribution in [3.05, 3.63) is 142 Å². The number of hydrogen-bond donors (Lipinski definition) is 0. The van der Waals surface area contributed by atoms with Crippen molar-refractivity contribution in [3.8, 4) is 11.8 Å². The number of aryl methyl sites for hydroxylation is 4. The lowest BCUT2D eigenvalue weighted by Crippen LogP contribution is -1.77. The molecule has 0 fully saturated rings. The molecule has 0 bridgehead atoms. The van der Waals surface area contributed by atoms with Gasteiger partial charge in [0.2, 0.25) is 0 Å². The summed E-state index contributed by atoms with van der Waals surface area (Å²) in [6, 6.07) is 33.6. The minimum absolute atomic E-state index is 1.06. The average Bonchev–Trinajstić information content (AvgIpc) is 2.81. The topological polar surface area (TPSA) is 0 Å². The number of hydrogen-bond acceptors (Lipinski definition) is 0.